The summed E-state index contributed by atoms with van der Waals surface area (Å²) in [6.45, 7) is 2.64. The first-order chi connectivity index (χ1) is 9.65. The Bertz CT molecular complexity index is 643. The van der Waals surface area contributed by atoms with Crippen molar-refractivity contribution < 1.29 is 9.66 Å². The largest absolute Gasteiger partial charge is 0.493 e. The first kappa shape index (κ1) is 12.9. The molecule has 0 saturated carbocycles. The zero-order chi connectivity index (χ0) is 14.1. The molecule has 1 aliphatic heterocycles. The number of anilines is 1. The van der Waals surface area contributed by atoms with E-state index in [1.807, 2.05) is 25.1 Å². The van der Waals surface area contributed by atoms with Crippen molar-refractivity contribution in [3.8, 4) is 5.75 Å². The smallest absolute Gasteiger partial charge is 0.345 e. The molecule has 1 aliphatic rings. The number of hydrogen-bond acceptors (Lipinski definition) is 6. The molecule has 1 N–H and O–H groups in total. The number of hydrogen-bond donors (Lipinski definition) is 1. The Labute approximate surface area is 119 Å². The van der Waals surface area contributed by atoms with Crippen LogP contribution in [0.3, 0.4) is 0 Å². The van der Waals surface area contributed by atoms with E-state index in [4.69, 9.17) is 4.74 Å². The van der Waals surface area contributed by atoms with E-state index in [9.17, 15) is 10.1 Å². The Morgan fingerprint density at radius 1 is 1.55 bits per heavy atom. The van der Waals surface area contributed by atoms with Crippen LogP contribution in [0.1, 0.15) is 18.4 Å². The van der Waals surface area contributed by atoms with Crippen LogP contribution in [0.15, 0.2) is 30.5 Å². The lowest BCUT2D eigenvalue weighted by Crippen LogP contribution is -2.25. The highest BCUT2D eigenvalue weighted by Crippen LogP contribution is 2.37. The van der Waals surface area contributed by atoms with Crippen LogP contribution in [-0.4, -0.2) is 22.6 Å². The number of ether oxygens (including phenoxy) is 1. The number of nitrogens with zero attached hydrogens (tertiary/aromatic N) is 2. The van der Waals surface area contributed by atoms with Crippen LogP contribution in [0.5, 0.6) is 5.75 Å². The molecule has 7 heteroatoms. The molecule has 0 amide bonds. The molecule has 0 fully saturated rings. The van der Waals surface area contributed by atoms with Crippen molar-refractivity contribution in [3.05, 3.63) is 46.1 Å². The third-order valence-corrected chi connectivity index (χ3v) is 4.25. The summed E-state index contributed by atoms with van der Waals surface area (Å²) in [7, 11) is 0. The molecule has 2 unspecified atom stereocenters. The summed E-state index contributed by atoms with van der Waals surface area (Å²) in [6.07, 6.45) is 1.28. The van der Waals surface area contributed by atoms with Crippen molar-refractivity contribution >= 4 is 21.5 Å². The highest BCUT2D eigenvalue weighted by molar-refractivity contribution is 7.18. The molecule has 2 atom stereocenters. The van der Waals surface area contributed by atoms with Crippen molar-refractivity contribution in [1.29, 1.82) is 0 Å². The van der Waals surface area contributed by atoms with Crippen LogP contribution in [0.2, 0.25) is 0 Å². The van der Waals surface area contributed by atoms with Gasteiger partial charge in [0.05, 0.1) is 11.5 Å². The predicted octanol–water partition coefficient (Wildman–Crippen LogP) is 3.03. The van der Waals surface area contributed by atoms with Gasteiger partial charge in [-0.2, -0.15) is 0 Å². The van der Waals surface area contributed by atoms with Crippen molar-refractivity contribution in [1.82, 2.24) is 4.98 Å². The molecule has 1 aromatic carbocycles. The lowest BCUT2D eigenvalue weighted by Gasteiger charge is -2.19. The molecule has 2 heterocycles. The Morgan fingerprint density at radius 3 is 3.10 bits per heavy atom. The molecule has 0 aliphatic carbocycles. The summed E-state index contributed by atoms with van der Waals surface area (Å²) in [5.41, 5.74) is 1.17. The second-order valence-electron chi connectivity index (χ2n) is 4.65. The second-order valence-corrected chi connectivity index (χ2v) is 5.66. The van der Waals surface area contributed by atoms with E-state index >= 15 is 0 Å². The van der Waals surface area contributed by atoms with Gasteiger partial charge >= 0.3 is 5.00 Å². The van der Waals surface area contributed by atoms with Crippen molar-refractivity contribution in [2.45, 2.75) is 18.9 Å². The normalized spacial score (nSPS) is 18.1. The Kier molecular flexibility index (Phi) is 3.27. The first-order valence-corrected chi connectivity index (χ1v) is 7.05. The molecule has 2 aromatic rings. The average molecular weight is 291 g/mol. The number of nitro groups is 1. The average Bonchev–Trinajstić information content (AvgIpc) is 3.04. The number of nitrogens with one attached hydrogen (secondary N) is 1. The number of para-hydroxylation sites is 1. The van der Waals surface area contributed by atoms with Crippen LogP contribution in [0, 0.1) is 10.1 Å². The van der Waals surface area contributed by atoms with Gasteiger partial charge < -0.3 is 10.1 Å². The Balaban J connectivity index is 1.74. The minimum atomic E-state index is -0.429. The summed E-state index contributed by atoms with van der Waals surface area (Å²) < 4.78 is 5.65. The highest BCUT2D eigenvalue weighted by atomic mass is 32.1. The minimum Gasteiger partial charge on any atom is -0.493 e. The molecule has 0 bridgehead atoms. The van der Waals surface area contributed by atoms with Gasteiger partial charge in [-0.25, -0.2) is 4.98 Å². The fourth-order valence-electron chi connectivity index (χ4n) is 2.31. The van der Waals surface area contributed by atoms with E-state index in [-0.39, 0.29) is 17.0 Å². The Morgan fingerprint density at radius 2 is 2.35 bits per heavy atom. The summed E-state index contributed by atoms with van der Waals surface area (Å²) >= 11 is 1.05. The van der Waals surface area contributed by atoms with Crippen molar-refractivity contribution in [2.24, 2.45) is 0 Å². The maximum absolute atomic E-state index is 10.6. The minimum absolute atomic E-state index is 0.0442. The molecule has 0 radical (unpaired) electrons. The van der Waals surface area contributed by atoms with E-state index in [1.165, 1.54) is 11.8 Å². The molecule has 20 heavy (non-hydrogen) atoms. The molecule has 3 rings (SSSR count). The number of benzene rings is 1. The van der Waals surface area contributed by atoms with Gasteiger partial charge in [0, 0.05) is 17.5 Å². The maximum atomic E-state index is 10.6. The molecule has 104 valence electrons. The summed E-state index contributed by atoms with van der Waals surface area (Å²) in [5.74, 6) is 1.13. The highest BCUT2D eigenvalue weighted by Gasteiger charge is 2.29. The monoisotopic (exact) mass is 291 g/mol. The standard InChI is InChI=1S/C13H13N3O3S/c1-8(15-13-14-6-12(20-13)16(17)18)10-7-19-11-5-3-2-4-9(10)11/h2-6,8,10H,7H2,1H3,(H,14,15). The van der Waals surface area contributed by atoms with Gasteiger partial charge in [-0.1, -0.05) is 18.2 Å². The van der Waals surface area contributed by atoms with Gasteiger partial charge in [0.15, 0.2) is 5.13 Å². The van der Waals surface area contributed by atoms with Gasteiger partial charge in [-0.3, -0.25) is 10.1 Å². The van der Waals surface area contributed by atoms with Gasteiger partial charge in [-0.15, -0.1) is 0 Å². The predicted molar refractivity (Wildman–Crippen MR) is 76.5 cm³/mol. The van der Waals surface area contributed by atoms with Crippen molar-refractivity contribution in [3.63, 3.8) is 0 Å². The van der Waals surface area contributed by atoms with Crippen LogP contribution in [-0.2, 0) is 0 Å². The van der Waals surface area contributed by atoms with Crippen LogP contribution >= 0.6 is 11.3 Å². The number of aromatic nitrogens is 1. The maximum Gasteiger partial charge on any atom is 0.345 e. The van der Waals surface area contributed by atoms with Crippen LogP contribution < -0.4 is 10.1 Å². The second kappa shape index (κ2) is 5.09. The van der Waals surface area contributed by atoms with E-state index in [2.05, 4.69) is 16.4 Å². The SMILES string of the molecule is CC(Nc1ncc([N+](=O)[O-])s1)C1COc2ccccc21. The van der Waals surface area contributed by atoms with Crippen LogP contribution in [0.4, 0.5) is 10.1 Å². The van der Waals surface area contributed by atoms with Crippen molar-refractivity contribution in [2.75, 3.05) is 11.9 Å². The fraction of sp³-hybridized carbons (Fsp3) is 0.308. The summed E-state index contributed by atoms with van der Waals surface area (Å²) in [6, 6.07) is 8.03. The van der Waals surface area contributed by atoms with Crippen LogP contribution in [0.25, 0.3) is 0 Å². The lowest BCUT2D eigenvalue weighted by atomic mass is 9.95. The molecule has 0 saturated heterocycles. The van der Waals surface area contributed by atoms with E-state index in [0.29, 0.717) is 11.7 Å². The fourth-order valence-corrected chi connectivity index (χ4v) is 3.04. The van der Waals surface area contributed by atoms with E-state index in [1.54, 1.807) is 0 Å². The molecular formula is C13H13N3O3S. The quantitative estimate of drug-likeness (QED) is 0.692. The Hall–Kier alpha value is -2.15. The number of fused-ring (bicyclic) bond motifs is 1. The van der Waals surface area contributed by atoms with Gasteiger partial charge in [0.2, 0.25) is 0 Å². The lowest BCUT2D eigenvalue weighted by molar-refractivity contribution is -0.380. The van der Waals surface area contributed by atoms with E-state index < -0.39 is 4.92 Å². The summed E-state index contributed by atoms with van der Waals surface area (Å²) in [5, 5.41) is 14.5. The molecule has 0 spiro atoms. The molecule has 1 aromatic heterocycles. The van der Waals surface area contributed by atoms with E-state index in [0.717, 1.165) is 17.1 Å². The topological polar surface area (TPSA) is 77.3 Å². The molecular weight excluding hydrogens is 278 g/mol. The number of rotatable bonds is 4. The first-order valence-electron chi connectivity index (χ1n) is 6.23. The van der Waals surface area contributed by atoms with Gasteiger partial charge in [0.1, 0.15) is 11.9 Å². The van der Waals surface area contributed by atoms with Gasteiger partial charge in [-0.05, 0) is 24.3 Å². The zero-order valence-corrected chi connectivity index (χ0v) is 11.6. The third-order valence-electron chi connectivity index (χ3n) is 3.37. The third kappa shape index (κ3) is 2.32. The number of thiazole rings is 1. The molecule has 6 nitrogen and oxygen atoms in total. The zero-order valence-electron chi connectivity index (χ0n) is 10.8. The summed E-state index contributed by atoms with van der Waals surface area (Å²) in [4.78, 5) is 14.2. The van der Waals surface area contributed by atoms with Gasteiger partial charge in [0.25, 0.3) is 0 Å².